The maximum atomic E-state index is 9.19. The largest absolute Gasteiger partial charge is 0.508 e. The summed E-state index contributed by atoms with van der Waals surface area (Å²) < 4.78 is 0. The fourth-order valence-corrected chi connectivity index (χ4v) is 1.05. The van der Waals surface area contributed by atoms with Crippen molar-refractivity contribution >= 4 is 0 Å². The van der Waals surface area contributed by atoms with Crippen molar-refractivity contribution < 1.29 is 5.11 Å². The van der Waals surface area contributed by atoms with Gasteiger partial charge in [0.2, 0.25) is 0 Å². The number of aliphatic hydroxyl groups is 1. The molecular weight excluding hydrogens is 138 g/mol. The van der Waals surface area contributed by atoms with Gasteiger partial charge in [-0.25, -0.2) is 0 Å². The molecule has 2 heteroatoms. The van der Waals surface area contributed by atoms with E-state index in [9.17, 15) is 5.11 Å². The minimum Gasteiger partial charge on any atom is -0.508 e. The summed E-state index contributed by atoms with van der Waals surface area (Å²) in [5.41, 5.74) is 0. The quantitative estimate of drug-likeness (QED) is 0.625. The number of aliphatic hydroxyl groups excluding tert-OH is 1. The van der Waals surface area contributed by atoms with E-state index in [2.05, 4.69) is 11.4 Å². The standard InChI is InChI=1S/C9H13NO/c1-10-7-8-4-2-3-5-9(11)6-8/h2-6,8,10-11H,7H2,1H3. The van der Waals surface area contributed by atoms with E-state index < -0.39 is 0 Å². The monoisotopic (exact) mass is 151 g/mol. The number of allylic oxidation sites excluding steroid dienone is 3. The zero-order chi connectivity index (χ0) is 8.10. The van der Waals surface area contributed by atoms with Gasteiger partial charge in [0.25, 0.3) is 0 Å². The van der Waals surface area contributed by atoms with Crippen LogP contribution in [-0.2, 0) is 0 Å². The summed E-state index contributed by atoms with van der Waals surface area (Å²) in [6.07, 6.45) is 9.35. The van der Waals surface area contributed by atoms with Gasteiger partial charge in [0.05, 0.1) is 0 Å². The van der Waals surface area contributed by atoms with E-state index in [4.69, 9.17) is 0 Å². The molecule has 0 aliphatic heterocycles. The SMILES string of the molecule is CNCC1C=CC=CC(O)=C1. The number of nitrogens with one attached hydrogen (secondary N) is 1. The molecule has 0 amide bonds. The first-order valence-corrected chi connectivity index (χ1v) is 3.73. The van der Waals surface area contributed by atoms with E-state index >= 15 is 0 Å². The van der Waals surface area contributed by atoms with E-state index in [0.29, 0.717) is 11.7 Å². The van der Waals surface area contributed by atoms with Gasteiger partial charge in [0, 0.05) is 12.5 Å². The summed E-state index contributed by atoms with van der Waals surface area (Å²) in [5, 5.41) is 12.2. The maximum absolute atomic E-state index is 9.19. The molecule has 1 unspecified atom stereocenters. The lowest BCUT2D eigenvalue weighted by Crippen LogP contribution is -2.15. The van der Waals surface area contributed by atoms with Crippen molar-refractivity contribution in [2.45, 2.75) is 0 Å². The normalized spacial score (nSPS) is 23.0. The molecule has 1 atom stereocenters. The van der Waals surface area contributed by atoms with Crippen LogP contribution in [0.2, 0.25) is 0 Å². The first kappa shape index (κ1) is 8.08. The van der Waals surface area contributed by atoms with Gasteiger partial charge in [0.15, 0.2) is 0 Å². The molecule has 2 nitrogen and oxygen atoms in total. The minimum absolute atomic E-state index is 0.301. The third-order valence-electron chi connectivity index (χ3n) is 1.56. The molecule has 0 saturated heterocycles. The van der Waals surface area contributed by atoms with Crippen LogP contribution >= 0.6 is 0 Å². The Morgan fingerprint density at radius 1 is 1.55 bits per heavy atom. The van der Waals surface area contributed by atoms with Gasteiger partial charge in [-0.2, -0.15) is 0 Å². The van der Waals surface area contributed by atoms with Crippen LogP contribution in [0, 0.1) is 5.92 Å². The molecule has 1 aliphatic rings. The zero-order valence-electron chi connectivity index (χ0n) is 6.62. The van der Waals surface area contributed by atoms with Crippen LogP contribution in [0.5, 0.6) is 0 Å². The van der Waals surface area contributed by atoms with Crippen molar-refractivity contribution in [2.24, 2.45) is 5.92 Å². The molecule has 0 bridgehead atoms. The van der Waals surface area contributed by atoms with Crippen molar-refractivity contribution in [3.05, 3.63) is 36.1 Å². The average molecular weight is 151 g/mol. The molecule has 0 heterocycles. The number of rotatable bonds is 2. The van der Waals surface area contributed by atoms with Gasteiger partial charge in [-0.1, -0.05) is 18.2 Å². The molecule has 11 heavy (non-hydrogen) atoms. The minimum atomic E-state index is 0.301. The van der Waals surface area contributed by atoms with Crippen LogP contribution < -0.4 is 5.32 Å². The van der Waals surface area contributed by atoms with Crippen molar-refractivity contribution in [1.29, 1.82) is 0 Å². The first-order chi connectivity index (χ1) is 5.33. The fraction of sp³-hybridized carbons (Fsp3) is 0.333. The molecule has 0 aromatic rings. The Hall–Kier alpha value is -1.02. The van der Waals surface area contributed by atoms with Crippen LogP contribution in [0.1, 0.15) is 0 Å². The Morgan fingerprint density at radius 2 is 2.36 bits per heavy atom. The zero-order valence-corrected chi connectivity index (χ0v) is 6.62. The van der Waals surface area contributed by atoms with Crippen LogP contribution in [0.3, 0.4) is 0 Å². The first-order valence-electron chi connectivity index (χ1n) is 3.73. The molecule has 0 aromatic heterocycles. The summed E-state index contributed by atoms with van der Waals surface area (Å²) >= 11 is 0. The average Bonchev–Trinajstić information content (AvgIpc) is 2.15. The topological polar surface area (TPSA) is 32.3 Å². The van der Waals surface area contributed by atoms with Gasteiger partial charge in [0.1, 0.15) is 5.76 Å². The highest BCUT2D eigenvalue weighted by molar-refractivity contribution is 5.23. The lowest BCUT2D eigenvalue weighted by atomic mass is 10.1. The fourth-order valence-electron chi connectivity index (χ4n) is 1.05. The summed E-state index contributed by atoms with van der Waals surface area (Å²) in [6.45, 7) is 0.863. The van der Waals surface area contributed by atoms with E-state index in [1.165, 1.54) is 0 Å². The maximum Gasteiger partial charge on any atom is 0.112 e. The molecule has 0 radical (unpaired) electrons. The molecule has 0 aromatic carbocycles. The van der Waals surface area contributed by atoms with Crippen LogP contribution in [-0.4, -0.2) is 18.7 Å². The highest BCUT2D eigenvalue weighted by Crippen LogP contribution is 2.07. The lowest BCUT2D eigenvalue weighted by Gasteiger charge is -2.04. The van der Waals surface area contributed by atoms with E-state index in [-0.39, 0.29) is 0 Å². The Labute approximate surface area is 66.9 Å². The predicted octanol–water partition coefficient (Wildman–Crippen LogP) is 1.39. The molecule has 0 saturated carbocycles. The van der Waals surface area contributed by atoms with Crippen molar-refractivity contribution in [3.8, 4) is 0 Å². The second-order valence-electron chi connectivity index (χ2n) is 2.56. The lowest BCUT2D eigenvalue weighted by molar-refractivity contribution is 0.426. The van der Waals surface area contributed by atoms with Crippen LogP contribution in [0.4, 0.5) is 0 Å². The second kappa shape index (κ2) is 3.98. The van der Waals surface area contributed by atoms with Gasteiger partial charge < -0.3 is 10.4 Å². The number of hydrogen-bond donors (Lipinski definition) is 2. The third-order valence-corrected chi connectivity index (χ3v) is 1.56. The van der Waals surface area contributed by atoms with Crippen molar-refractivity contribution in [2.75, 3.05) is 13.6 Å². The second-order valence-corrected chi connectivity index (χ2v) is 2.56. The van der Waals surface area contributed by atoms with Gasteiger partial charge in [-0.05, 0) is 19.2 Å². The number of hydrogen-bond acceptors (Lipinski definition) is 2. The molecule has 0 spiro atoms. The Kier molecular flexibility index (Phi) is 2.93. The Morgan fingerprint density at radius 3 is 3.09 bits per heavy atom. The van der Waals surface area contributed by atoms with Gasteiger partial charge >= 0.3 is 0 Å². The van der Waals surface area contributed by atoms with E-state index in [1.54, 1.807) is 6.08 Å². The predicted molar refractivity (Wildman–Crippen MR) is 46.4 cm³/mol. The summed E-state index contributed by atoms with van der Waals surface area (Å²) in [7, 11) is 1.90. The van der Waals surface area contributed by atoms with Crippen molar-refractivity contribution in [1.82, 2.24) is 5.32 Å². The molecule has 1 aliphatic carbocycles. The van der Waals surface area contributed by atoms with Crippen molar-refractivity contribution in [3.63, 3.8) is 0 Å². The van der Waals surface area contributed by atoms with Crippen LogP contribution in [0.15, 0.2) is 36.1 Å². The molecular formula is C9H13NO. The van der Waals surface area contributed by atoms with E-state index in [0.717, 1.165) is 6.54 Å². The third kappa shape index (κ3) is 2.60. The highest BCUT2D eigenvalue weighted by atomic mass is 16.3. The molecule has 2 N–H and O–H groups in total. The van der Waals surface area contributed by atoms with Gasteiger partial charge in [-0.3, -0.25) is 0 Å². The van der Waals surface area contributed by atoms with E-state index in [1.807, 2.05) is 25.3 Å². The summed E-state index contributed by atoms with van der Waals surface area (Å²) in [6, 6.07) is 0. The van der Waals surface area contributed by atoms with Crippen LogP contribution in [0.25, 0.3) is 0 Å². The summed E-state index contributed by atoms with van der Waals surface area (Å²) in [5.74, 6) is 0.644. The van der Waals surface area contributed by atoms with Gasteiger partial charge in [-0.15, -0.1) is 0 Å². The summed E-state index contributed by atoms with van der Waals surface area (Å²) in [4.78, 5) is 0. The molecule has 60 valence electrons. The molecule has 1 rings (SSSR count). The Bertz CT molecular complexity index is 204. The Balaban J connectivity index is 2.61. The molecule has 0 fully saturated rings. The highest BCUT2D eigenvalue weighted by Gasteiger charge is 2.01. The smallest absolute Gasteiger partial charge is 0.112 e.